The lowest BCUT2D eigenvalue weighted by Crippen LogP contribution is -2.37. The summed E-state index contributed by atoms with van der Waals surface area (Å²) < 4.78 is 29.2. The number of anilines is 1. The number of hydrogen-bond acceptors (Lipinski definition) is 4. The molecule has 2 aromatic rings. The van der Waals surface area contributed by atoms with Gasteiger partial charge in [0.05, 0.1) is 10.6 Å². The van der Waals surface area contributed by atoms with Crippen molar-refractivity contribution in [3.05, 3.63) is 60.2 Å². The Bertz CT molecular complexity index is 727. The van der Waals surface area contributed by atoms with Crippen LogP contribution in [0.4, 0.5) is 10.5 Å². The fourth-order valence-corrected chi connectivity index (χ4v) is 2.53. The maximum absolute atomic E-state index is 12.2. The number of urea groups is 1. The lowest BCUT2D eigenvalue weighted by molar-refractivity contribution is 0.223. The molecule has 21 heavy (non-hydrogen) atoms. The zero-order chi connectivity index (χ0) is 15.5. The van der Waals surface area contributed by atoms with Crippen molar-refractivity contribution in [1.82, 2.24) is 0 Å². The summed E-state index contributed by atoms with van der Waals surface area (Å²) in [5.41, 5.74) is 6.30. The zero-order valence-corrected chi connectivity index (χ0v) is 12.1. The minimum atomic E-state index is -4.14. The average molecular weight is 306 g/mol. The van der Waals surface area contributed by atoms with Gasteiger partial charge in [0.25, 0.3) is 0 Å². The summed E-state index contributed by atoms with van der Waals surface area (Å²) in [6, 6.07) is 13.0. The van der Waals surface area contributed by atoms with Crippen LogP contribution in [0.25, 0.3) is 0 Å². The number of carbonyl (C=O) groups excluding carboxylic acids is 1. The number of rotatable bonds is 4. The zero-order valence-electron chi connectivity index (χ0n) is 11.3. The monoisotopic (exact) mass is 306 g/mol. The van der Waals surface area contributed by atoms with E-state index in [2.05, 4.69) is 0 Å². The molecule has 0 saturated carbocycles. The molecular weight excluding hydrogens is 292 g/mol. The Morgan fingerprint density at radius 3 is 2.14 bits per heavy atom. The molecule has 6 nitrogen and oxygen atoms in total. The molecule has 0 bridgehead atoms. The smallest absolute Gasteiger partial charge is 0.344 e. The highest BCUT2D eigenvalue weighted by molar-refractivity contribution is 7.86. The van der Waals surface area contributed by atoms with Crippen LogP contribution in [0.15, 0.2) is 59.5 Å². The Labute approximate surface area is 122 Å². The van der Waals surface area contributed by atoms with Crippen LogP contribution in [-0.2, 0) is 14.4 Å². The molecule has 0 aliphatic heterocycles. The van der Waals surface area contributed by atoms with Crippen molar-refractivity contribution in [2.75, 3.05) is 5.06 Å². The number of para-hydroxylation sites is 1. The normalized spacial score (nSPS) is 11.1. The van der Waals surface area contributed by atoms with Crippen molar-refractivity contribution in [3.63, 3.8) is 0 Å². The van der Waals surface area contributed by atoms with Gasteiger partial charge in [0, 0.05) is 0 Å². The maximum atomic E-state index is 12.2. The van der Waals surface area contributed by atoms with Crippen LogP contribution in [0.3, 0.4) is 0 Å². The highest BCUT2D eigenvalue weighted by atomic mass is 32.2. The molecule has 0 aliphatic carbocycles. The number of carbonyl (C=O) groups is 1. The first-order valence-electron chi connectivity index (χ1n) is 6.06. The summed E-state index contributed by atoms with van der Waals surface area (Å²) >= 11 is 0. The Morgan fingerprint density at radius 1 is 1.05 bits per heavy atom. The minimum absolute atomic E-state index is 0.0599. The molecular formula is C14H14N2O4S. The largest absolute Gasteiger partial charge is 0.349 e. The van der Waals surface area contributed by atoms with Crippen LogP contribution < -0.4 is 10.8 Å². The third-order valence-electron chi connectivity index (χ3n) is 2.67. The van der Waals surface area contributed by atoms with Crippen LogP contribution in [0.5, 0.6) is 0 Å². The van der Waals surface area contributed by atoms with Gasteiger partial charge < -0.3 is 5.73 Å². The lowest BCUT2D eigenvalue weighted by Gasteiger charge is -2.18. The van der Waals surface area contributed by atoms with Crippen LogP contribution in [0.1, 0.15) is 5.56 Å². The fraction of sp³-hybridized carbons (Fsp3) is 0.0714. The molecule has 0 spiro atoms. The molecule has 0 unspecified atom stereocenters. The van der Waals surface area contributed by atoms with Gasteiger partial charge in [0.1, 0.15) is 0 Å². The standard InChI is InChI=1S/C14H14N2O4S/c1-11-7-9-13(10-8-11)21(18,19)20-16(14(15)17)12-5-3-2-4-6-12/h2-10H,1H3,(H2,15,17). The predicted octanol–water partition coefficient (Wildman–Crippen LogP) is 2.20. The number of nitrogens with zero attached hydrogens (tertiary/aromatic N) is 1. The third-order valence-corrected chi connectivity index (χ3v) is 3.87. The topological polar surface area (TPSA) is 89.7 Å². The molecule has 2 aromatic carbocycles. The first kappa shape index (κ1) is 15.0. The van der Waals surface area contributed by atoms with E-state index < -0.39 is 16.1 Å². The number of nitrogens with two attached hydrogens (primary N) is 1. The summed E-state index contributed by atoms with van der Waals surface area (Å²) in [5, 5.41) is 0.537. The molecule has 0 fully saturated rings. The SMILES string of the molecule is Cc1ccc(S(=O)(=O)ON(C(N)=O)c2ccccc2)cc1. The molecule has 0 aromatic heterocycles. The molecule has 110 valence electrons. The molecule has 0 atom stereocenters. The van der Waals surface area contributed by atoms with Crippen molar-refractivity contribution in [2.24, 2.45) is 5.73 Å². The summed E-state index contributed by atoms with van der Waals surface area (Å²) in [5.74, 6) is 0. The molecule has 2 N–H and O–H groups in total. The van der Waals surface area contributed by atoms with Crippen LogP contribution in [0.2, 0.25) is 0 Å². The van der Waals surface area contributed by atoms with E-state index in [-0.39, 0.29) is 10.6 Å². The van der Waals surface area contributed by atoms with E-state index in [1.807, 2.05) is 6.92 Å². The van der Waals surface area contributed by atoms with Crippen LogP contribution in [-0.4, -0.2) is 14.4 Å². The second kappa shape index (κ2) is 5.94. The van der Waals surface area contributed by atoms with Crippen molar-refractivity contribution >= 4 is 21.8 Å². The van der Waals surface area contributed by atoms with E-state index >= 15 is 0 Å². The third kappa shape index (κ3) is 3.59. The average Bonchev–Trinajstić information content (AvgIpc) is 2.46. The number of primary amides is 1. The molecule has 7 heteroatoms. The second-order valence-corrected chi connectivity index (χ2v) is 5.84. The van der Waals surface area contributed by atoms with E-state index in [0.717, 1.165) is 5.56 Å². The molecule has 2 rings (SSSR count). The molecule has 0 radical (unpaired) electrons. The summed E-state index contributed by atoms with van der Waals surface area (Å²) in [6.07, 6.45) is 0. The van der Waals surface area contributed by atoms with Gasteiger partial charge in [-0.1, -0.05) is 35.9 Å². The maximum Gasteiger partial charge on any atom is 0.344 e. The van der Waals surface area contributed by atoms with Gasteiger partial charge in [-0.3, -0.25) is 0 Å². The van der Waals surface area contributed by atoms with Gasteiger partial charge in [0.15, 0.2) is 0 Å². The lowest BCUT2D eigenvalue weighted by atomic mass is 10.2. The highest BCUT2D eigenvalue weighted by Crippen LogP contribution is 2.20. The van der Waals surface area contributed by atoms with Gasteiger partial charge in [-0.2, -0.15) is 13.5 Å². The van der Waals surface area contributed by atoms with Gasteiger partial charge in [0.2, 0.25) is 0 Å². The van der Waals surface area contributed by atoms with Crippen molar-refractivity contribution in [1.29, 1.82) is 0 Å². The number of benzene rings is 2. The van der Waals surface area contributed by atoms with Crippen molar-refractivity contribution < 1.29 is 17.5 Å². The Hall–Kier alpha value is -2.38. The minimum Gasteiger partial charge on any atom is -0.349 e. The molecule has 2 amide bonds. The quantitative estimate of drug-likeness (QED) is 0.877. The molecule has 0 aliphatic rings. The van der Waals surface area contributed by atoms with Crippen LogP contribution in [0, 0.1) is 6.92 Å². The van der Waals surface area contributed by atoms with Crippen molar-refractivity contribution in [3.8, 4) is 0 Å². The van der Waals surface area contributed by atoms with E-state index in [1.54, 1.807) is 30.3 Å². The predicted molar refractivity (Wildman–Crippen MR) is 78.0 cm³/mol. The summed E-state index contributed by atoms with van der Waals surface area (Å²) in [4.78, 5) is 11.4. The fourth-order valence-electron chi connectivity index (χ4n) is 1.62. The Kier molecular flexibility index (Phi) is 4.25. The highest BCUT2D eigenvalue weighted by Gasteiger charge is 2.24. The van der Waals surface area contributed by atoms with Gasteiger partial charge in [-0.25, -0.2) is 4.79 Å². The van der Waals surface area contributed by atoms with Gasteiger partial charge in [-0.15, -0.1) is 4.28 Å². The first-order valence-corrected chi connectivity index (χ1v) is 7.47. The summed E-state index contributed by atoms with van der Waals surface area (Å²) in [6.45, 7) is 1.83. The number of amides is 2. The van der Waals surface area contributed by atoms with Gasteiger partial charge in [-0.05, 0) is 31.2 Å². The van der Waals surface area contributed by atoms with Crippen LogP contribution >= 0.6 is 0 Å². The van der Waals surface area contributed by atoms with E-state index in [1.165, 1.54) is 24.3 Å². The molecule has 0 saturated heterocycles. The van der Waals surface area contributed by atoms with E-state index in [9.17, 15) is 13.2 Å². The van der Waals surface area contributed by atoms with E-state index in [4.69, 9.17) is 10.0 Å². The summed E-state index contributed by atoms with van der Waals surface area (Å²) in [7, 11) is -4.14. The van der Waals surface area contributed by atoms with Gasteiger partial charge >= 0.3 is 16.1 Å². The van der Waals surface area contributed by atoms with Crippen molar-refractivity contribution in [2.45, 2.75) is 11.8 Å². The van der Waals surface area contributed by atoms with E-state index in [0.29, 0.717) is 5.06 Å². The first-order chi connectivity index (χ1) is 9.90. The Balaban J connectivity index is 2.32. The number of hydrogen-bond donors (Lipinski definition) is 1. The Morgan fingerprint density at radius 2 is 1.62 bits per heavy atom. The number of aryl methyl sites for hydroxylation is 1. The second-order valence-electron chi connectivity index (χ2n) is 4.31. The number of hydroxylamine groups is 1. The molecule has 0 heterocycles.